The van der Waals surface area contributed by atoms with Crippen molar-refractivity contribution in [1.29, 1.82) is 0 Å². The fourth-order valence-electron chi connectivity index (χ4n) is 6.10. The van der Waals surface area contributed by atoms with E-state index in [0.29, 0.717) is 5.41 Å². The average Bonchev–Trinajstić information content (AvgIpc) is 2.78. The number of fused-ring (bicyclic) bond motifs is 1. The molecule has 2 aromatic heterocycles. The summed E-state index contributed by atoms with van der Waals surface area (Å²) in [6.45, 7) is 1.91. The summed E-state index contributed by atoms with van der Waals surface area (Å²) in [5.41, 5.74) is 3.20. The minimum Gasteiger partial charge on any atom is -0.493 e. The molecule has 2 heterocycles. The largest absolute Gasteiger partial charge is 0.493 e. The molecule has 0 unspecified atom stereocenters. The summed E-state index contributed by atoms with van der Waals surface area (Å²) in [4.78, 5) is 4.49. The maximum absolute atomic E-state index is 10.1. The lowest BCUT2D eigenvalue weighted by Gasteiger charge is -2.56. The van der Waals surface area contributed by atoms with E-state index < -0.39 is 0 Å². The van der Waals surface area contributed by atoms with Gasteiger partial charge in [-0.2, -0.15) is 9.61 Å². The second-order valence-electron chi connectivity index (χ2n) is 8.26. The summed E-state index contributed by atoms with van der Waals surface area (Å²) in [5, 5.41) is 14.7. The Bertz CT molecular complexity index is 713. The zero-order valence-electron chi connectivity index (χ0n) is 13.1. The third-order valence-electron chi connectivity index (χ3n) is 6.31. The standard InChI is InChI=1S/C18H23N3O/c1-11-2-17(22)21-16(19-11)6-15(20-21)10-18-7-12-3-13(8-18)5-14(4-12)9-18/h2,6,12-14,22H,3-5,7-10H2,1H3. The van der Waals surface area contributed by atoms with Gasteiger partial charge < -0.3 is 5.11 Å². The van der Waals surface area contributed by atoms with Gasteiger partial charge in [0.15, 0.2) is 5.65 Å². The second kappa shape index (κ2) is 4.24. The third-order valence-corrected chi connectivity index (χ3v) is 6.31. The van der Waals surface area contributed by atoms with Gasteiger partial charge in [-0.3, -0.25) is 0 Å². The van der Waals surface area contributed by atoms with Crippen molar-refractivity contribution in [3.05, 3.63) is 23.5 Å². The average molecular weight is 297 g/mol. The molecule has 4 fully saturated rings. The third kappa shape index (κ3) is 1.89. The molecule has 4 saturated carbocycles. The molecule has 0 radical (unpaired) electrons. The highest BCUT2D eigenvalue weighted by Gasteiger charge is 2.50. The molecule has 0 saturated heterocycles. The topological polar surface area (TPSA) is 50.4 Å². The van der Waals surface area contributed by atoms with Crippen molar-refractivity contribution in [3.8, 4) is 5.88 Å². The van der Waals surface area contributed by atoms with Crippen LogP contribution < -0.4 is 0 Å². The summed E-state index contributed by atoms with van der Waals surface area (Å²) in [5.74, 6) is 3.10. The molecule has 0 aromatic carbocycles. The van der Waals surface area contributed by atoms with Crippen LogP contribution in [0, 0.1) is 30.1 Å². The fraction of sp³-hybridized carbons (Fsp3) is 0.667. The lowest BCUT2D eigenvalue weighted by Crippen LogP contribution is -2.47. The molecule has 0 spiro atoms. The van der Waals surface area contributed by atoms with Crippen LogP contribution in [-0.2, 0) is 6.42 Å². The first kappa shape index (κ1) is 12.9. The van der Waals surface area contributed by atoms with Crippen molar-refractivity contribution >= 4 is 5.65 Å². The van der Waals surface area contributed by atoms with Gasteiger partial charge >= 0.3 is 0 Å². The van der Waals surface area contributed by atoms with E-state index in [9.17, 15) is 5.11 Å². The number of aryl methyl sites for hydroxylation is 1. The molecule has 6 rings (SSSR count). The Morgan fingerprint density at radius 2 is 1.77 bits per heavy atom. The summed E-state index contributed by atoms with van der Waals surface area (Å²) in [6, 6.07) is 3.75. The van der Waals surface area contributed by atoms with Crippen LogP contribution in [0.1, 0.15) is 49.9 Å². The van der Waals surface area contributed by atoms with E-state index in [1.54, 1.807) is 10.6 Å². The Labute approximate surface area is 130 Å². The van der Waals surface area contributed by atoms with Gasteiger partial charge in [0.1, 0.15) is 0 Å². The predicted octanol–water partition coefficient (Wildman–Crippen LogP) is 3.50. The van der Waals surface area contributed by atoms with Crippen LogP contribution in [0.25, 0.3) is 5.65 Å². The van der Waals surface area contributed by atoms with Crippen LogP contribution in [0.4, 0.5) is 0 Å². The van der Waals surface area contributed by atoms with Crippen molar-refractivity contribution in [2.45, 2.75) is 51.9 Å². The number of aromatic nitrogens is 3. The highest BCUT2D eigenvalue weighted by Crippen LogP contribution is 2.60. The Kier molecular flexibility index (Phi) is 2.49. The Hall–Kier alpha value is -1.58. The second-order valence-corrected chi connectivity index (χ2v) is 8.26. The molecule has 2 aromatic rings. The fourth-order valence-corrected chi connectivity index (χ4v) is 6.10. The van der Waals surface area contributed by atoms with E-state index >= 15 is 0 Å². The maximum Gasteiger partial charge on any atom is 0.215 e. The monoisotopic (exact) mass is 297 g/mol. The van der Waals surface area contributed by atoms with E-state index in [1.807, 2.05) is 6.92 Å². The van der Waals surface area contributed by atoms with Crippen LogP contribution in [0.5, 0.6) is 5.88 Å². The number of nitrogens with zero attached hydrogens (tertiary/aromatic N) is 3. The summed E-state index contributed by atoms with van der Waals surface area (Å²) in [6.07, 6.45) is 9.68. The van der Waals surface area contributed by atoms with Gasteiger partial charge in [0.2, 0.25) is 5.88 Å². The smallest absolute Gasteiger partial charge is 0.215 e. The Morgan fingerprint density at radius 1 is 1.14 bits per heavy atom. The number of aromatic hydroxyl groups is 1. The Morgan fingerprint density at radius 3 is 2.41 bits per heavy atom. The van der Waals surface area contributed by atoms with Crippen LogP contribution in [0.15, 0.2) is 12.1 Å². The molecule has 1 N–H and O–H groups in total. The lowest BCUT2D eigenvalue weighted by atomic mass is 9.48. The molecule has 4 aliphatic carbocycles. The normalized spacial score (nSPS) is 36.3. The van der Waals surface area contributed by atoms with Gasteiger partial charge in [-0.15, -0.1) is 0 Å². The van der Waals surface area contributed by atoms with Crippen molar-refractivity contribution in [2.24, 2.45) is 23.2 Å². The van der Waals surface area contributed by atoms with Gasteiger partial charge in [0.05, 0.1) is 5.69 Å². The van der Waals surface area contributed by atoms with Gasteiger partial charge in [-0.25, -0.2) is 4.98 Å². The van der Waals surface area contributed by atoms with E-state index in [4.69, 9.17) is 0 Å². The van der Waals surface area contributed by atoms with Crippen molar-refractivity contribution in [2.75, 3.05) is 0 Å². The molecule has 116 valence electrons. The summed E-state index contributed by atoms with van der Waals surface area (Å²) >= 11 is 0. The van der Waals surface area contributed by atoms with Crippen molar-refractivity contribution in [3.63, 3.8) is 0 Å². The highest BCUT2D eigenvalue weighted by atomic mass is 16.3. The molecule has 0 atom stereocenters. The SMILES string of the molecule is Cc1cc(O)n2nc(CC34CC5CC(CC(C5)C3)C4)cc2n1. The molecule has 0 amide bonds. The van der Waals surface area contributed by atoms with Crippen molar-refractivity contribution in [1.82, 2.24) is 14.6 Å². The first-order chi connectivity index (χ1) is 10.6. The Balaban J connectivity index is 1.50. The van der Waals surface area contributed by atoms with Crippen LogP contribution in [0.2, 0.25) is 0 Å². The van der Waals surface area contributed by atoms with Crippen LogP contribution in [-0.4, -0.2) is 19.7 Å². The zero-order valence-corrected chi connectivity index (χ0v) is 13.1. The molecular weight excluding hydrogens is 274 g/mol. The van der Waals surface area contributed by atoms with E-state index in [1.165, 1.54) is 38.5 Å². The van der Waals surface area contributed by atoms with Crippen LogP contribution >= 0.6 is 0 Å². The molecule has 4 aliphatic rings. The van der Waals surface area contributed by atoms with Gasteiger partial charge in [0.25, 0.3) is 0 Å². The number of rotatable bonds is 2. The zero-order chi connectivity index (χ0) is 14.9. The van der Waals surface area contributed by atoms with Gasteiger partial charge in [0, 0.05) is 17.8 Å². The quantitative estimate of drug-likeness (QED) is 0.923. The summed E-state index contributed by atoms with van der Waals surface area (Å²) in [7, 11) is 0. The predicted molar refractivity (Wildman–Crippen MR) is 83.7 cm³/mol. The first-order valence-electron chi connectivity index (χ1n) is 8.64. The van der Waals surface area contributed by atoms with Gasteiger partial charge in [-0.05, 0) is 75.0 Å². The van der Waals surface area contributed by atoms with Crippen LogP contribution in [0.3, 0.4) is 0 Å². The number of hydrogen-bond donors (Lipinski definition) is 1. The van der Waals surface area contributed by atoms with E-state index in [0.717, 1.165) is 41.2 Å². The molecule has 22 heavy (non-hydrogen) atoms. The molecule has 0 aliphatic heterocycles. The first-order valence-corrected chi connectivity index (χ1v) is 8.64. The lowest BCUT2D eigenvalue weighted by molar-refractivity contribution is -0.0526. The van der Waals surface area contributed by atoms with E-state index in [2.05, 4.69) is 16.1 Å². The highest BCUT2D eigenvalue weighted by molar-refractivity contribution is 5.43. The molecule has 4 nitrogen and oxygen atoms in total. The summed E-state index contributed by atoms with van der Waals surface area (Å²) < 4.78 is 1.59. The minimum atomic E-state index is 0.194. The number of hydrogen-bond acceptors (Lipinski definition) is 3. The molecular formula is C18H23N3O. The van der Waals surface area contributed by atoms with E-state index in [-0.39, 0.29) is 5.88 Å². The minimum absolute atomic E-state index is 0.194. The molecule has 4 bridgehead atoms. The van der Waals surface area contributed by atoms with Gasteiger partial charge in [-0.1, -0.05) is 0 Å². The molecule has 4 heteroatoms. The maximum atomic E-state index is 10.1. The van der Waals surface area contributed by atoms with Crippen molar-refractivity contribution < 1.29 is 5.11 Å².